The minimum absolute atomic E-state index is 0.0952. The van der Waals surface area contributed by atoms with Crippen LogP contribution in [0.4, 0.5) is 20.2 Å². The maximum atomic E-state index is 12.1. The average Bonchev–Trinajstić information content (AvgIpc) is 2.46. The molecule has 0 fully saturated rings. The molecular formula is C16H17F2N3OS. The van der Waals surface area contributed by atoms with Crippen molar-refractivity contribution in [2.75, 3.05) is 10.7 Å². The van der Waals surface area contributed by atoms with E-state index in [1.54, 1.807) is 12.1 Å². The number of thiocarbonyl (C=S) groups is 1. The van der Waals surface area contributed by atoms with E-state index in [1.165, 1.54) is 12.1 Å². The van der Waals surface area contributed by atoms with Crippen molar-refractivity contribution in [3.05, 3.63) is 53.6 Å². The van der Waals surface area contributed by atoms with Gasteiger partial charge in [-0.1, -0.05) is 6.07 Å². The molecule has 7 heteroatoms. The van der Waals surface area contributed by atoms with Gasteiger partial charge in [0.15, 0.2) is 5.11 Å². The smallest absolute Gasteiger partial charge is 0.387 e. The Bertz CT molecular complexity index is 657. The molecule has 2 aromatic rings. The Morgan fingerprint density at radius 3 is 2.17 bits per heavy atom. The number of nitrogens with one attached hydrogen (secondary N) is 3. The lowest BCUT2D eigenvalue weighted by Gasteiger charge is -2.14. The van der Waals surface area contributed by atoms with Gasteiger partial charge < -0.3 is 10.1 Å². The second kappa shape index (κ2) is 7.73. The number of halogens is 2. The molecule has 0 heterocycles. The zero-order chi connectivity index (χ0) is 16.8. The number of hydrogen-bond donors (Lipinski definition) is 3. The van der Waals surface area contributed by atoms with Crippen LogP contribution in [0.15, 0.2) is 42.5 Å². The summed E-state index contributed by atoms with van der Waals surface area (Å²) >= 11 is 5.17. The largest absolute Gasteiger partial charge is 0.435 e. The van der Waals surface area contributed by atoms with E-state index in [2.05, 4.69) is 27.0 Å². The quantitative estimate of drug-likeness (QED) is 0.563. The maximum absolute atomic E-state index is 12.1. The van der Waals surface area contributed by atoms with Gasteiger partial charge in [0, 0.05) is 5.69 Å². The van der Waals surface area contributed by atoms with E-state index < -0.39 is 6.61 Å². The van der Waals surface area contributed by atoms with E-state index >= 15 is 0 Å². The zero-order valence-electron chi connectivity index (χ0n) is 12.7. The monoisotopic (exact) mass is 337 g/mol. The summed E-state index contributed by atoms with van der Waals surface area (Å²) in [5, 5.41) is 3.29. The van der Waals surface area contributed by atoms with Crippen molar-refractivity contribution in [2.24, 2.45) is 0 Å². The van der Waals surface area contributed by atoms with Crippen molar-refractivity contribution in [3.8, 4) is 5.75 Å². The van der Waals surface area contributed by atoms with Crippen LogP contribution in [0.25, 0.3) is 0 Å². The molecule has 0 aliphatic carbocycles. The van der Waals surface area contributed by atoms with E-state index in [0.717, 1.165) is 16.8 Å². The second-order valence-electron chi connectivity index (χ2n) is 4.98. The van der Waals surface area contributed by atoms with Gasteiger partial charge in [0.2, 0.25) is 0 Å². The number of benzene rings is 2. The SMILES string of the molecule is Cc1cc(C)cc(NNC(=S)Nc2ccc(OC(F)F)cc2)c1. The van der Waals surface area contributed by atoms with Gasteiger partial charge >= 0.3 is 6.61 Å². The molecule has 0 unspecified atom stereocenters. The van der Waals surface area contributed by atoms with Crippen LogP contribution in [0.2, 0.25) is 0 Å². The van der Waals surface area contributed by atoms with Crippen molar-refractivity contribution < 1.29 is 13.5 Å². The molecule has 2 rings (SSSR count). The Hall–Kier alpha value is -2.41. The van der Waals surface area contributed by atoms with Crippen LogP contribution in [0, 0.1) is 13.8 Å². The number of ether oxygens (including phenoxy) is 1. The number of rotatable bonds is 5. The molecule has 0 aliphatic heterocycles. The highest BCUT2D eigenvalue weighted by molar-refractivity contribution is 7.80. The Balaban J connectivity index is 1.87. The van der Waals surface area contributed by atoms with E-state index in [-0.39, 0.29) is 5.75 Å². The summed E-state index contributed by atoms with van der Waals surface area (Å²) in [7, 11) is 0. The first-order chi connectivity index (χ1) is 10.9. The van der Waals surface area contributed by atoms with Gasteiger partial charge in [0.1, 0.15) is 5.75 Å². The van der Waals surface area contributed by atoms with Crippen LogP contribution in [-0.2, 0) is 0 Å². The highest BCUT2D eigenvalue weighted by Crippen LogP contribution is 2.17. The molecule has 0 amide bonds. The van der Waals surface area contributed by atoms with Crippen LogP contribution in [0.3, 0.4) is 0 Å². The Morgan fingerprint density at radius 1 is 1.00 bits per heavy atom. The second-order valence-corrected chi connectivity index (χ2v) is 5.39. The lowest BCUT2D eigenvalue weighted by molar-refractivity contribution is -0.0498. The standard InChI is InChI=1S/C16H17F2N3OS/c1-10-7-11(2)9-13(8-10)20-21-16(23)19-12-3-5-14(6-4-12)22-15(17)18/h3-9,15,20H,1-2H3,(H2,19,21,23). The summed E-state index contributed by atoms with van der Waals surface area (Å²) in [6.45, 7) is 1.19. The molecule has 0 spiro atoms. The minimum Gasteiger partial charge on any atom is -0.435 e. The van der Waals surface area contributed by atoms with Crippen LogP contribution in [-0.4, -0.2) is 11.7 Å². The minimum atomic E-state index is -2.83. The number of anilines is 2. The van der Waals surface area contributed by atoms with Crippen LogP contribution < -0.4 is 20.9 Å². The normalized spacial score (nSPS) is 10.3. The van der Waals surface area contributed by atoms with E-state index in [1.807, 2.05) is 26.0 Å². The number of aryl methyl sites for hydroxylation is 2. The third-order valence-corrected chi connectivity index (χ3v) is 3.08. The van der Waals surface area contributed by atoms with Crippen LogP contribution in [0.1, 0.15) is 11.1 Å². The Labute approximate surface area is 138 Å². The summed E-state index contributed by atoms with van der Waals surface area (Å²) in [5.41, 5.74) is 9.71. The summed E-state index contributed by atoms with van der Waals surface area (Å²) in [5.74, 6) is 0.0952. The molecule has 122 valence electrons. The lowest BCUT2D eigenvalue weighted by atomic mass is 10.1. The molecular weight excluding hydrogens is 320 g/mol. The predicted octanol–water partition coefficient (Wildman–Crippen LogP) is 4.22. The topological polar surface area (TPSA) is 45.3 Å². The van der Waals surface area contributed by atoms with Crippen molar-refractivity contribution >= 4 is 28.7 Å². The number of hydrogen-bond acceptors (Lipinski definition) is 3. The molecule has 0 saturated carbocycles. The lowest BCUT2D eigenvalue weighted by Crippen LogP contribution is -2.33. The fraction of sp³-hybridized carbons (Fsp3) is 0.188. The van der Waals surface area contributed by atoms with Crippen LogP contribution in [0.5, 0.6) is 5.75 Å². The average molecular weight is 337 g/mol. The molecule has 2 aromatic carbocycles. The molecule has 0 aliphatic rings. The molecule has 0 radical (unpaired) electrons. The molecule has 4 nitrogen and oxygen atoms in total. The molecule has 0 atom stereocenters. The third-order valence-electron chi connectivity index (χ3n) is 2.88. The van der Waals surface area contributed by atoms with Crippen molar-refractivity contribution in [1.29, 1.82) is 0 Å². The fourth-order valence-electron chi connectivity index (χ4n) is 2.06. The van der Waals surface area contributed by atoms with Crippen molar-refractivity contribution in [1.82, 2.24) is 5.43 Å². The summed E-state index contributed by atoms with van der Waals surface area (Å²) < 4.78 is 28.4. The van der Waals surface area contributed by atoms with Gasteiger partial charge in [0.25, 0.3) is 0 Å². The van der Waals surface area contributed by atoms with Gasteiger partial charge in [-0.25, -0.2) is 0 Å². The van der Waals surface area contributed by atoms with Gasteiger partial charge in [-0.15, -0.1) is 0 Å². The zero-order valence-corrected chi connectivity index (χ0v) is 13.5. The van der Waals surface area contributed by atoms with Gasteiger partial charge in [0.05, 0.1) is 5.69 Å². The Morgan fingerprint density at radius 2 is 1.61 bits per heavy atom. The summed E-state index contributed by atoms with van der Waals surface area (Å²) in [6.07, 6.45) is 0. The highest BCUT2D eigenvalue weighted by Gasteiger charge is 2.04. The maximum Gasteiger partial charge on any atom is 0.387 e. The van der Waals surface area contributed by atoms with E-state index in [0.29, 0.717) is 10.8 Å². The van der Waals surface area contributed by atoms with E-state index in [4.69, 9.17) is 12.2 Å². The number of hydrazine groups is 1. The molecule has 0 saturated heterocycles. The predicted molar refractivity (Wildman–Crippen MR) is 92.0 cm³/mol. The first kappa shape index (κ1) is 17.0. The first-order valence-electron chi connectivity index (χ1n) is 6.88. The summed E-state index contributed by atoms with van der Waals surface area (Å²) in [4.78, 5) is 0. The summed E-state index contributed by atoms with van der Waals surface area (Å²) in [6, 6.07) is 12.1. The third kappa shape index (κ3) is 5.71. The van der Waals surface area contributed by atoms with Crippen molar-refractivity contribution in [2.45, 2.75) is 20.5 Å². The molecule has 3 N–H and O–H groups in total. The van der Waals surface area contributed by atoms with Crippen molar-refractivity contribution in [3.63, 3.8) is 0 Å². The highest BCUT2D eigenvalue weighted by atomic mass is 32.1. The number of alkyl halides is 2. The van der Waals surface area contributed by atoms with Gasteiger partial charge in [-0.05, 0) is 73.6 Å². The molecule has 23 heavy (non-hydrogen) atoms. The van der Waals surface area contributed by atoms with Gasteiger partial charge in [-0.3, -0.25) is 10.9 Å². The molecule has 0 aromatic heterocycles. The van der Waals surface area contributed by atoms with E-state index in [9.17, 15) is 8.78 Å². The molecule has 0 bridgehead atoms. The Kier molecular flexibility index (Phi) is 5.70. The fourth-order valence-corrected chi connectivity index (χ4v) is 2.23. The van der Waals surface area contributed by atoms with Gasteiger partial charge in [-0.2, -0.15) is 8.78 Å². The first-order valence-corrected chi connectivity index (χ1v) is 7.29. The van der Waals surface area contributed by atoms with Crippen LogP contribution >= 0.6 is 12.2 Å².